The van der Waals surface area contributed by atoms with Gasteiger partial charge in [-0.2, -0.15) is 0 Å². The minimum Gasteiger partial charge on any atom is -0.326 e. The Hall–Kier alpha value is -3.75. The lowest BCUT2D eigenvalue weighted by Gasteiger charge is -2.24. The Morgan fingerprint density at radius 1 is 0.912 bits per heavy atom. The zero-order valence-electron chi connectivity index (χ0n) is 18.0. The Kier molecular flexibility index (Phi) is 7.20. The van der Waals surface area contributed by atoms with E-state index in [4.69, 9.17) is 23.8 Å². The molecular formula is C25H21ClN4O3S. The number of nitrogens with zero attached hydrogens (tertiary/aromatic N) is 2. The minimum atomic E-state index is -0.990. The number of hydrogen-bond acceptors (Lipinski definition) is 4. The highest BCUT2D eigenvalue weighted by molar-refractivity contribution is 7.80. The molecule has 172 valence electrons. The third-order valence-electron chi connectivity index (χ3n) is 5.25. The van der Waals surface area contributed by atoms with E-state index in [9.17, 15) is 14.4 Å². The average Bonchev–Trinajstić information content (AvgIpc) is 3.05. The molecule has 7 nitrogen and oxygen atoms in total. The van der Waals surface area contributed by atoms with E-state index in [0.29, 0.717) is 16.3 Å². The highest BCUT2D eigenvalue weighted by atomic mass is 35.5. The number of halogens is 1. The largest absolute Gasteiger partial charge is 0.326 e. The first-order chi connectivity index (χ1) is 16.4. The van der Waals surface area contributed by atoms with E-state index >= 15 is 0 Å². The second-order valence-corrected chi connectivity index (χ2v) is 8.45. The smallest absolute Gasteiger partial charge is 0.269 e. The van der Waals surface area contributed by atoms with Crippen molar-refractivity contribution in [1.29, 1.82) is 0 Å². The van der Waals surface area contributed by atoms with Crippen LogP contribution in [0.5, 0.6) is 0 Å². The van der Waals surface area contributed by atoms with Gasteiger partial charge < -0.3 is 5.32 Å². The molecular weight excluding hydrogens is 472 g/mol. The lowest BCUT2D eigenvalue weighted by atomic mass is 10.1. The van der Waals surface area contributed by atoms with Gasteiger partial charge in [0, 0.05) is 16.3 Å². The summed E-state index contributed by atoms with van der Waals surface area (Å²) in [6, 6.07) is 23.6. The highest BCUT2D eigenvalue weighted by Gasteiger charge is 2.44. The summed E-state index contributed by atoms with van der Waals surface area (Å²) in [5, 5.41) is 4.68. The molecule has 1 saturated heterocycles. The van der Waals surface area contributed by atoms with Crippen molar-refractivity contribution >= 4 is 52.3 Å². The van der Waals surface area contributed by atoms with Gasteiger partial charge in [-0.3, -0.25) is 24.7 Å². The predicted molar refractivity (Wildman–Crippen MR) is 134 cm³/mol. The number of rotatable bonds is 7. The molecule has 3 aromatic rings. The van der Waals surface area contributed by atoms with Gasteiger partial charge in [0.2, 0.25) is 5.91 Å². The van der Waals surface area contributed by atoms with Gasteiger partial charge >= 0.3 is 0 Å². The lowest BCUT2D eigenvalue weighted by molar-refractivity contribution is -0.131. The number of para-hydroxylation sites is 1. The molecule has 9 heteroatoms. The molecule has 1 heterocycles. The van der Waals surface area contributed by atoms with E-state index in [1.54, 1.807) is 48.5 Å². The van der Waals surface area contributed by atoms with Crippen LogP contribution in [0.25, 0.3) is 0 Å². The van der Waals surface area contributed by atoms with E-state index in [1.165, 1.54) is 9.91 Å². The fourth-order valence-corrected chi connectivity index (χ4v) is 4.00. The summed E-state index contributed by atoms with van der Waals surface area (Å²) in [5.41, 5.74) is 4.52. The molecule has 0 bridgehead atoms. The molecule has 3 aromatic carbocycles. The standard InChI is InChI=1S/C25H21ClN4O3S/c26-19-13-11-18(12-14-19)23(32)28-30-21(15-22(31)27-20-9-5-2-6-10-20)24(33)29(25(30)34)16-17-7-3-1-4-8-17/h1-14,21H,15-16H2,(H,27,31)(H,28,32). The summed E-state index contributed by atoms with van der Waals surface area (Å²) >= 11 is 11.5. The fraction of sp³-hybridized carbons (Fsp3) is 0.120. The maximum absolute atomic E-state index is 13.3. The molecule has 34 heavy (non-hydrogen) atoms. The second-order valence-electron chi connectivity index (χ2n) is 7.64. The van der Waals surface area contributed by atoms with Crippen LogP contribution in [-0.4, -0.2) is 38.8 Å². The summed E-state index contributed by atoms with van der Waals surface area (Å²) in [6.07, 6.45) is -0.194. The van der Waals surface area contributed by atoms with Gasteiger partial charge in [-0.1, -0.05) is 60.1 Å². The van der Waals surface area contributed by atoms with E-state index in [-0.39, 0.29) is 29.9 Å². The summed E-state index contributed by atoms with van der Waals surface area (Å²) < 4.78 is 0. The van der Waals surface area contributed by atoms with Gasteiger partial charge in [-0.15, -0.1) is 0 Å². The molecule has 1 aliphatic rings. The predicted octanol–water partition coefficient (Wildman–Crippen LogP) is 4.01. The normalized spacial score (nSPS) is 15.4. The first kappa shape index (κ1) is 23.4. The first-order valence-corrected chi connectivity index (χ1v) is 11.3. The SMILES string of the molecule is O=C(CC1C(=O)N(Cc2ccccc2)C(=S)N1NC(=O)c1ccc(Cl)cc1)Nc1ccccc1. The summed E-state index contributed by atoms with van der Waals surface area (Å²) in [6.45, 7) is 0.225. The van der Waals surface area contributed by atoms with Crippen LogP contribution >= 0.6 is 23.8 Å². The molecule has 1 fully saturated rings. The van der Waals surface area contributed by atoms with Crippen molar-refractivity contribution in [1.82, 2.24) is 15.3 Å². The number of carbonyl (C=O) groups excluding carboxylic acids is 3. The number of anilines is 1. The van der Waals surface area contributed by atoms with Crippen LogP contribution < -0.4 is 10.7 Å². The topological polar surface area (TPSA) is 81.8 Å². The lowest BCUT2D eigenvalue weighted by Crippen LogP contribution is -2.49. The molecule has 0 aliphatic carbocycles. The van der Waals surface area contributed by atoms with Gasteiger partial charge in [0.1, 0.15) is 6.04 Å². The average molecular weight is 493 g/mol. The number of amides is 3. The first-order valence-electron chi connectivity index (χ1n) is 10.5. The highest BCUT2D eigenvalue weighted by Crippen LogP contribution is 2.23. The number of carbonyl (C=O) groups is 3. The molecule has 2 N–H and O–H groups in total. The van der Waals surface area contributed by atoms with Crippen LogP contribution in [0, 0.1) is 0 Å². The fourth-order valence-electron chi connectivity index (χ4n) is 3.55. The van der Waals surface area contributed by atoms with Crippen LogP contribution in [0.3, 0.4) is 0 Å². The van der Waals surface area contributed by atoms with Crippen molar-refractivity contribution in [2.24, 2.45) is 0 Å². The van der Waals surface area contributed by atoms with E-state index in [1.807, 2.05) is 36.4 Å². The molecule has 4 rings (SSSR count). The van der Waals surface area contributed by atoms with Gasteiger partial charge in [-0.25, -0.2) is 5.01 Å². The Morgan fingerprint density at radius 3 is 2.18 bits per heavy atom. The van der Waals surface area contributed by atoms with Crippen molar-refractivity contribution in [2.75, 3.05) is 5.32 Å². The van der Waals surface area contributed by atoms with Gasteiger partial charge in [0.15, 0.2) is 5.11 Å². The van der Waals surface area contributed by atoms with Crippen molar-refractivity contribution in [3.63, 3.8) is 0 Å². The number of thiocarbonyl (C=S) groups is 1. The van der Waals surface area contributed by atoms with Crippen molar-refractivity contribution in [3.8, 4) is 0 Å². The van der Waals surface area contributed by atoms with E-state index in [0.717, 1.165) is 5.56 Å². The molecule has 1 atom stereocenters. The quantitative estimate of drug-likeness (QED) is 0.487. The van der Waals surface area contributed by atoms with Crippen LogP contribution in [-0.2, 0) is 16.1 Å². The summed E-state index contributed by atoms with van der Waals surface area (Å²) in [7, 11) is 0. The molecule has 0 spiro atoms. The van der Waals surface area contributed by atoms with Gasteiger partial charge in [0.05, 0.1) is 13.0 Å². The van der Waals surface area contributed by atoms with Gasteiger partial charge in [0.25, 0.3) is 11.8 Å². The summed E-state index contributed by atoms with van der Waals surface area (Å²) in [4.78, 5) is 40.3. The molecule has 0 radical (unpaired) electrons. The van der Waals surface area contributed by atoms with Crippen LogP contribution in [0.1, 0.15) is 22.3 Å². The Bertz CT molecular complexity index is 1210. The molecule has 1 unspecified atom stereocenters. The number of nitrogens with one attached hydrogen (secondary N) is 2. The third kappa shape index (κ3) is 5.41. The Labute approximate surface area is 207 Å². The maximum Gasteiger partial charge on any atom is 0.269 e. The Balaban J connectivity index is 1.55. The van der Waals surface area contributed by atoms with E-state index in [2.05, 4.69) is 10.7 Å². The minimum absolute atomic E-state index is 0.119. The zero-order valence-corrected chi connectivity index (χ0v) is 19.6. The number of hydrazine groups is 1. The molecule has 0 saturated carbocycles. The van der Waals surface area contributed by atoms with E-state index < -0.39 is 11.9 Å². The number of hydrogen-bond donors (Lipinski definition) is 2. The number of benzene rings is 3. The molecule has 0 aromatic heterocycles. The Morgan fingerprint density at radius 2 is 1.53 bits per heavy atom. The zero-order chi connectivity index (χ0) is 24.1. The van der Waals surface area contributed by atoms with Crippen molar-refractivity contribution in [3.05, 3.63) is 101 Å². The van der Waals surface area contributed by atoms with Gasteiger partial charge in [-0.05, 0) is 54.2 Å². The third-order valence-corrected chi connectivity index (χ3v) is 5.92. The van der Waals surface area contributed by atoms with Crippen molar-refractivity contribution in [2.45, 2.75) is 19.0 Å². The van der Waals surface area contributed by atoms with Crippen LogP contribution in [0.2, 0.25) is 5.02 Å². The van der Waals surface area contributed by atoms with Crippen LogP contribution in [0.4, 0.5) is 5.69 Å². The van der Waals surface area contributed by atoms with Crippen LogP contribution in [0.15, 0.2) is 84.9 Å². The maximum atomic E-state index is 13.3. The molecule has 3 amide bonds. The summed E-state index contributed by atoms with van der Waals surface area (Å²) in [5.74, 6) is -1.21. The monoisotopic (exact) mass is 492 g/mol. The van der Waals surface area contributed by atoms with Crippen molar-refractivity contribution < 1.29 is 14.4 Å². The second kappa shape index (κ2) is 10.5. The molecule has 1 aliphatic heterocycles.